The van der Waals surface area contributed by atoms with Crippen molar-refractivity contribution >= 4 is 34.9 Å². The molecule has 0 bridgehead atoms. The predicted molar refractivity (Wildman–Crippen MR) is 126 cm³/mol. The molecule has 6 nitrogen and oxygen atoms in total. The highest BCUT2D eigenvalue weighted by molar-refractivity contribution is 6.34. The number of hydrogen-bond donors (Lipinski definition) is 1. The van der Waals surface area contributed by atoms with Gasteiger partial charge in [-0.05, 0) is 48.2 Å². The van der Waals surface area contributed by atoms with Crippen LogP contribution in [0.15, 0.2) is 53.3 Å². The van der Waals surface area contributed by atoms with Crippen molar-refractivity contribution in [2.75, 3.05) is 18.6 Å². The Bertz CT molecular complexity index is 1220. The normalized spacial score (nSPS) is 12.7. The van der Waals surface area contributed by atoms with Crippen molar-refractivity contribution in [2.24, 2.45) is 0 Å². The number of aryl methyl sites for hydroxylation is 1. The van der Waals surface area contributed by atoms with Gasteiger partial charge in [-0.15, -0.1) is 0 Å². The first kappa shape index (κ1) is 22.2. The Balaban J connectivity index is 1.62. The van der Waals surface area contributed by atoms with Gasteiger partial charge in [-0.3, -0.25) is 4.79 Å². The van der Waals surface area contributed by atoms with Crippen molar-refractivity contribution < 1.29 is 14.6 Å². The zero-order valence-corrected chi connectivity index (χ0v) is 19.0. The average Bonchev–Trinajstić information content (AvgIpc) is 3.19. The van der Waals surface area contributed by atoms with Crippen LogP contribution < -0.4 is 15.2 Å². The van der Waals surface area contributed by atoms with Gasteiger partial charge in [0.25, 0.3) is 5.56 Å². The Hall–Kier alpha value is -2.96. The molecule has 0 fully saturated rings. The molecule has 1 aliphatic heterocycles. The summed E-state index contributed by atoms with van der Waals surface area (Å²) < 4.78 is 6.99. The number of aromatic nitrogens is 1. The number of rotatable bonds is 7. The lowest BCUT2D eigenvalue weighted by Gasteiger charge is -2.23. The minimum Gasteiger partial charge on any atom is -0.497 e. The van der Waals surface area contributed by atoms with E-state index in [-0.39, 0.29) is 16.1 Å². The van der Waals surface area contributed by atoms with Crippen LogP contribution in [0.5, 0.6) is 5.75 Å². The lowest BCUT2D eigenvalue weighted by molar-refractivity contribution is 0.0697. The topological polar surface area (TPSA) is 71.8 Å². The predicted octanol–water partition coefficient (Wildman–Crippen LogP) is 4.67. The number of ether oxygens (including phenoxy) is 1. The third kappa shape index (κ3) is 4.47. The van der Waals surface area contributed by atoms with Crippen LogP contribution in [0.4, 0.5) is 5.69 Å². The van der Waals surface area contributed by atoms with Gasteiger partial charge < -0.3 is 19.3 Å². The van der Waals surface area contributed by atoms with Crippen LogP contribution in [-0.4, -0.2) is 29.3 Å². The van der Waals surface area contributed by atoms with Crippen LogP contribution in [0.1, 0.15) is 27.2 Å². The first-order valence-corrected chi connectivity index (χ1v) is 10.9. The molecule has 8 heteroatoms. The van der Waals surface area contributed by atoms with Crippen LogP contribution in [-0.2, 0) is 25.9 Å². The third-order valence-electron chi connectivity index (χ3n) is 5.75. The molecule has 166 valence electrons. The number of halogens is 2. The van der Waals surface area contributed by atoms with Gasteiger partial charge in [0.1, 0.15) is 10.8 Å². The first-order valence-electron chi connectivity index (χ1n) is 10.2. The third-order valence-corrected chi connectivity index (χ3v) is 6.35. The van der Waals surface area contributed by atoms with Crippen LogP contribution in [0, 0.1) is 0 Å². The molecule has 0 saturated carbocycles. The Morgan fingerprint density at radius 3 is 2.53 bits per heavy atom. The Morgan fingerprint density at radius 2 is 1.84 bits per heavy atom. The fourth-order valence-electron chi connectivity index (χ4n) is 3.99. The molecule has 4 rings (SSSR count). The number of fused-ring (bicyclic) bond motifs is 1. The van der Waals surface area contributed by atoms with Crippen molar-refractivity contribution in [3.63, 3.8) is 0 Å². The zero-order chi connectivity index (χ0) is 22.8. The molecule has 0 radical (unpaired) electrons. The van der Waals surface area contributed by atoms with Gasteiger partial charge in [-0.2, -0.15) is 0 Å². The lowest BCUT2D eigenvalue weighted by Crippen LogP contribution is -2.30. The van der Waals surface area contributed by atoms with Crippen molar-refractivity contribution in [1.82, 2.24) is 4.57 Å². The summed E-state index contributed by atoms with van der Waals surface area (Å²) in [5.74, 6) is -0.195. The van der Waals surface area contributed by atoms with Crippen molar-refractivity contribution in [1.29, 1.82) is 0 Å². The van der Waals surface area contributed by atoms with Crippen molar-refractivity contribution in [2.45, 2.75) is 25.9 Å². The van der Waals surface area contributed by atoms with E-state index in [1.165, 1.54) is 11.6 Å². The van der Waals surface area contributed by atoms with Crippen LogP contribution in [0.3, 0.4) is 0 Å². The molecule has 0 unspecified atom stereocenters. The Labute approximate surface area is 195 Å². The maximum absolute atomic E-state index is 12.9. The maximum Gasteiger partial charge on any atom is 0.335 e. The van der Waals surface area contributed by atoms with Gasteiger partial charge in [0, 0.05) is 24.8 Å². The summed E-state index contributed by atoms with van der Waals surface area (Å²) in [6.45, 7) is 1.65. The van der Waals surface area contributed by atoms with Crippen molar-refractivity contribution in [3.8, 4) is 5.75 Å². The van der Waals surface area contributed by atoms with E-state index >= 15 is 0 Å². The fraction of sp³-hybridized carbons (Fsp3) is 0.250. The number of anilines is 1. The number of carbonyl (C=O) groups is 1. The highest BCUT2D eigenvalue weighted by Crippen LogP contribution is 2.33. The van der Waals surface area contributed by atoms with Crippen LogP contribution >= 0.6 is 23.2 Å². The number of nitrogens with zero attached hydrogens (tertiary/aromatic N) is 2. The quantitative estimate of drug-likeness (QED) is 0.540. The van der Waals surface area contributed by atoms with Gasteiger partial charge in [-0.1, -0.05) is 41.4 Å². The summed E-state index contributed by atoms with van der Waals surface area (Å²) in [4.78, 5) is 26.1. The van der Waals surface area contributed by atoms with E-state index in [1.807, 2.05) is 12.1 Å². The standard InChI is InChI=1S/C24H22Cl2N2O4/c1-32-18-7-6-16-9-10-27(21(16)12-18)14-22-19(25)13-20(26)23(29)28(22)11-8-15-2-4-17(5-3-15)24(30)31/h2-7,12-13H,8-11,14H2,1H3,(H,30,31). The van der Waals surface area contributed by atoms with Crippen LogP contribution in [0.2, 0.25) is 10.0 Å². The number of benzene rings is 2. The molecule has 0 saturated heterocycles. The van der Waals surface area contributed by atoms with Gasteiger partial charge in [0.05, 0.1) is 29.9 Å². The summed E-state index contributed by atoms with van der Waals surface area (Å²) in [7, 11) is 1.64. The number of methoxy groups -OCH3 is 1. The van der Waals surface area contributed by atoms with Gasteiger partial charge in [0.2, 0.25) is 0 Å². The molecule has 1 N–H and O–H groups in total. The Morgan fingerprint density at radius 1 is 1.09 bits per heavy atom. The number of aromatic carboxylic acids is 1. The minimum absolute atomic E-state index is 0.0727. The number of carboxylic acids is 1. The Kier molecular flexibility index (Phi) is 6.44. The van der Waals surface area contributed by atoms with E-state index in [4.69, 9.17) is 33.0 Å². The molecule has 1 aromatic heterocycles. The molecular formula is C24H22Cl2N2O4. The lowest BCUT2D eigenvalue weighted by atomic mass is 10.1. The highest BCUT2D eigenvalue weighted by atomic mass is 35.5. The second kappa shape index (κ2) is 9.27. The molecule has 32 heavy (non-hydrogen) atoms. The monoisotopic (exact) mass is 472 g/mol. The van der Waals surface area contributed by atoms with E-state index < -0.39 is 5.97 Å². The summed E-state index contributed by atoms with van der Waals surface area (Å²) in [5, 5.41) is 9.58. The fourth-order valence-corrected chi connectivity index (χ4v) is 4.52. The molecule has 0 atom stereocenters. The SMILES string of the molecule is COc1ccc2c(c1)N(Cc1c(Cl)cc(Cl)c(=O)n1CCc1ccc(C(=O)O)cc1)CC2. The molecule has 1 aliphatic rings. The smallest absolute Gasteiger partial charge is 0.335 e. The van der Waals surface area contributed by atoms with Crippen molar-refractivity contribution in [3.05, 3.63) is 91.3 Å². The first-order chi connectivity index (χ1) is 15.4. The average molecular weight is 473 g/mol. The van der Waals surface area contributed by atoms with Gasteiger partial charge >= 0.3 is 5.97 Å². The molecule has 2 aromatic carbocycles. The van der Waals surface area contributed by atoms with Gasteiger partial charge in [-0.25, -0.2) is 4.79 Å². The molecular weight excluding hydrogens is 451 g/mol. The van der Waals surface area contributed by atoms with E-state index in [0.29, 0.717) is 30.2 Å². The molecule has 0 aliphatic carbocycles. The van der Waals surface area contributed by atoms with Gasteiger partial charge in [0.15, 0.2) is 0 Å². The molecule has 2 heterocycles. The van der Waals surface area contributed by atoms with E-state index in [0.717, 1.165) is 30.0 Å². The summed E-state index contributed by atoms with van der Waals surface area (Å²) in [5.41, 5.74) is 3.83. The second-order valence-electron chi connectivity index (χ2n) is 7.66. The molecule has 0 spiro atoms. The zero-order valence-electron chi connectivity index (χ0n) is 17.5. The highest BCUT2D eigenvalue weighted by Gasteiger charge is 2.23. The summed E-state index contributed by atoms with van der Waals surface area (Å²) >= 11 is 12.7. The van der Waals surface area contributed by atoms with E-state index in [9.17, 15) is 9.59 Å². The maximum atomic E-state index is 12.9. The summed E-state index contributed by atoms with van der Waals surface area (Å²) in [6, 6.07) is 14.1. The number of hydrogen-bond acceptors (Lipinski definition) is 4. The van der Waals surface area contributed by atoms with Crippen LogP contribution in [0.25, 0.3) is 0 Å². The van der Waals surface area contributed by atoms with E-state index in [2.05, 4.69) is 11.0 Å². The molecule has 3 aromatic rings. The summed E-state index contributed by atoms with van der Waals surface area (Å²) in [6.07, 6.45) is 1.44. The largest absolute Gasteiger partial charge is 0.497 e. The molecule has 0 amide bonds. The minimum atomic E-state index is -0.973. The van der Waals surface area contributed by atoms with E-state index in [1.54, 1.807) is 35.9 Å². The second-order valence-corrected chi connectivity index (χ2v) is 8.48. The number of carboxylic acid groups (broad SMARTS) is 1. The number of pyridine rings is 1.